The Balaban J connectivity index is 1.99. The summed E-state index contributed by atoms with van der Waals surface area (Å²) >= 11 is 3.41. The van der Waals surface area contributed by atoms with Gasteiger partial charge in [-0.2, -0.15) is 0 Å². The zero-order chi connectivity index (χ0) is 11.4. The van der Waals surface area contributed by atoms with Crippen LogP contribution in [0.25, 0.3) is 0 Å². The van der Waals surface area contributed by atoms with Crippen LogP contribution in [0.3, 0.4) is 0 Å². The number of hydrogen-bond donors (Lipinski definition) is 1. The fourth-order valence-corrected chi connectivity index (χ4v) is 1.72. The van der Waals surface area contributed by atoms with E-state index in [0.29, 0.717) is 13.2 Å². The van der Waals surface area contributed by atoms with Crippen LogP contribution in [0.4, 0.5) is 0 Å². The lowest BCUT2D eigenvalue weighted by Crippen LogP contribution is -1.95. The van der Waals surface area contributed by atoms with E-state index < -0.39 is 0 Å². The van der Waals surface area contributed by atoms with E-state index in [1.54, 1.807) is 0 Å². The molecule has 3 nitrogen and oxygen atoms in total. The van der Waals surface area contributed by atoms with Gasteiger partial charge in [0.25, 0.3) is 0 Å². The van der Waals surface area contributed by atoms with E-state index >= 15 is 0 Å². The third-order valence-corrected chi connectivity index (χ3v) is 2.78. The maximum absolute atomic E-state index is 5.60. The van der Waals surface area contributed by atoms with Crippen molar-refractivity contribution in [1.29, 1.82) is 0 Å². The van der Waals surface area contributed by atoms with E-state index in [9.17, 15) is 0 Å². The van der Waals surface area contributed by atoms with Crippen molar-refractivity contribution < 1.29 is 9.15 Å². The molecule has 0 radical (unpaired) electrons. The van der Waals surface area contributed by atoms with Gasteiger partial charge in [0.15, 0.2) is 0 Å². The maximum Gasteiger partial charge on any atom is 0.146 e. The first-order valence-electron chi connectivity index (χ1n) is 4.94. The molecule has 0 saturated carbocycles. The summed E-state index contributed by atoms with van der Waals surface area (Å²) in [4.78, 5) is 0. The van der Waals surface area contributed by atoms with Crippen LogP contribution in [0.15, 0.2) is 45.3 Å². The predicted octanol–water partition coefficient (Wildman–Crippen LogP) is 3.08. The Bertz CT molecular complexity index is 468. The first-order chi connectivity index (χ1) is 7.79. The number of benzene rings is 1. The van der Waals surface area contributed by atoms with Gasteiger partial charge in [0.2, 0.25) is 0 Å². The zero-order valence-corrected chi connectivity index (χ0v) is 10.2. The van der Waals surface area contributed by atoms with Crippen LogP contribution in [0.1, 0.15) is 11.5 Å². The molecule has 0 unspecified atom stereocenters. The lowest BCUT2D eigenvalue weighted by molar-refractivity contribution is 0.264. The zero-order valence-electron chi connectivity index (χ0n) is 8.65. The highest BCUT2D eigenvalue weighted by molar-refractivity contribution is 9.10. The molecule has 0 amide bonds. The maximum atomic E-state index is 5.60. The Morgan fingerprint density at radius 2 is 1.88 bits per heavy atom. The smallest absolute Gasteiger partial charge is 0.146 e. The van der Waals surface area contributed by atoms with Crippen molar-refractivity contribution in [1.82, 2.24) is 0 Å². The Morgan fingerprint density at radius 1 is 1.12 bits per heavy atom. The van der Waals surface area contributed by atoms with Crippen molar-refractivity contribution >= 4 is 15.9 Å². The van der Waals surface area contributed by atoms with Gasteiger partial charge in [-0.25, -0.2) is 0 Å². The quantitative estimate of drug-likeness (QED) is 0.937. The van der Waals surface area contributed by atoms with E-state index in [1.807, 2.05) is 36.4 Å². The van der Waals surface area contributed by atoms with Gasteiger partial charge >= 0.3 is 0 Å². The molecular weight excluding hydrogens is 270 g/mol. The highest BCUT2D eigenvalue weighted by atomic mass is 79.9. The molecule has 0 fully saturated rings. The summed E-state index contributed by atoms with van der Waals surface area (Å²) in [5.41, 5.74) is 5.45. The van der Waals surface area contributed by atoms with Crippen molar-refractivity contribution in [3.63, 3.8) is 0 Å². The molecule has 0 aliphatic heterocycles. The molecule has 0 bridgehead atoms. The Labute approximate surface area is 102 Å². The Hall–Kier alpha value is -1.26. The Morgan fingerprint density at radius 3 is 2.56 bits per heavy atom. The molecule has 0 spiro atoms. The summed E-state index contributed by atoms with van der Waals surface area (Å²) in [5.74, 6) is 2.34. The SMILES string of the molecule is NCc1ccc(COc2ccccc2Br)o1. The van der Waals surface area contributed by atoms with Gasteiger partial charge < -0.3 is 14.9 Å². The molecule has 0 atom stereocenters. The summed E-state index contributed by atoms with van der Waals surface area (Å²) < 4.78 is 12.0. The molecular formula is C12H12BrNO2. The van der Waals surface area contributed by atoms with Crippen LogP contribution in [-0.2, 0) is 13.2 Å². The van der Waals surface area contributed by atoms with Gasteiger partial charge in [-0.1, -0.05) is 12.1 Å². The Kier molecular flexibility index (Phi) is 3.64. The van der Waals surface area contributed by atoms with Crippen molar-refractivity contribution in [3.05, 3.63) is 52.4 Å². The van der Waals surface area contributed by atoms with Crippen LogP contribution in [0.5, 0.6) is 5.75 Å². The van der Waals surface area contributed by atoms with E-state index in [4.69, 9.17) is 14.9 Å². The number of nitrogens with two attached hydrogens (primary N) is 1. The summed E-state index contributed by atoms with van der Waals surface area (Å²) in [6.07, 6.45) is 0. The molecule has 2 aromatic rings. The minimum absolute atomic E-state index is 0.405. The standard InChI is InChI=1S/C12H12BrNO2/c13-11-3-1-2-4-12(11)15-8-10-6-5-9(7-14)16-10/h1-6H,7-8,14H2. The molecule has 2 rings (SSSR count). The molecule has 84 valence electrons. The molecule has 4 heteroatoms. The van der Waals surface area contributed by atoms with E-state index in [2.05, 4.69) is 15.9 Å². The summed E-state index contributed by atoms with van der Waals surface area (Å²) in [7, 11) is 0. The molecule has 1 aromatic carbocycles. The molecule has 16 heavy (non-hydrogen) atoms. The van der Waals surface area contributed by atoms with Crippen molar-refractivity contribution in [3.8, 4) is 5.75 Å². The number of rotatable bonds is 4. The van der Waals surface area contributed by atoms with Gasteiger partial charge in [-0.05, 0) is 40.2 Å². The number of halogens is 1. The van der Waals surface area contributed by atoms with E-state index in [0.717, 1.165) is 21.7 Å². The first-order valence-corrected chi connectivity index (χ1v) is 5.74. The van der Waals surface area contributed by atoms with E-state index in [-0.39, 0.29) is 0 Å². The van der Waals surface area contributed by atoms with Crippen LogP contribution < -0.4 is 10.5 Å². The lowest BCUT2D eigenvalue weighted by Gasteiger charge is -2.05. The van der Waals surface area contributed by atoms with Gasteiger partial charge in [0.1, 0.15) is 23.9 Å². The minimum Gasteiger partial charge on any atom is -0.484 e. The van der Waals surface area contributed by atoms with Crippen LogP contribution in [-0.4, -0.2) is 0 Å². The molecule has 0 aliphatic carbocycles. The second kappa shape index (κ2) is 5.18. The summed E-state index contributed by atoms with van der Waals surface area (Å²) in [6, 6.07) is 11.4. The second-order valence-corrected chi connectivity index (χ2v) is 4.15. The number of hydrogen-bond acceptors (Lipinski definition) is 3. The summed E-state index contributed by atoms with van der Waals surface area (Å²) in [6.45, 7) is 0.817. The van der Waals surface area contributed by atoms with E-state index in [1.165, 1.54) is 0 Å². The lowest BCUT2D eigenvalue weighted by atomic mass is 10.3. The average molecular weight is 282 g/mol. The fourth-order valence-electron chi connectivity index (χ4n) is 1.32. The van der Waals surface area contributed by atoms with Gasteiger partial charge in [-0.15, -0.1) is 0 Å². The highest BCUT2D eigenvalue weighted by Gasteiger charge is 2.03. The topological polar surface area (TPSA) is 48.4 Å². The second-order valence-electron chi connectivity index (χ2n) is 3.29. The van der Waals surface area contributed by atoms with Crippen molar-refractivity contribution in [2.45, 2.75) is 13.2 Å². The minimum atomic E-state index is 0.405. The molecule has 2 N–H and O–H groups in total. The van der Waals surface area contributed by atoms with Gasteiger partial charge in [-0.3, -0.25) is 0 Å². The summed E-state index contributed by atoms with van der Waals surface area (Å²) in [5, 5.41) is 0. The molecule has 1 aromatic heterocycles. The van der Waals surface area contributed by atoms with Crippen molar-refractivity contribution in [2.24, 2.45) is 5.73 Å². The molecule has 0 aliphatic rings. The number of para-hydroxylation sites is 1. The molecule has 1 heterocycles. The van der Waals surface area contributed by atoms with Crippen LogP contribution in [0, 0.1) is 0 Å². The monoisotopic (exact) mass is 281 g/mol. The average Bonchev–Trinajstić information content (AvgIpc) is 2.76. The van der Waals surface area contributed by atoms with Gasteiger partial charge in [0, 0.05) is 0 Å². The van der Waals surface area contributed by atoms with Crippen molar-refractivity contribution in [2.75, 3.05) is 0 Å². The largest absolute Gasteiger partial charge is 0.484 e. The third kappa shape index (κ3) is 2.65. The fraction of sp³-hybridized carbons (Fsp3) is 0.167. The van der Waals surface area contributed by atoms with Crippen LogP contribution >= 0.6 is 15.9 Å². The van der Waals surface area contributed by atoms with Gasteiger partial charge in [0.05, 0.1) is 11.0 Å². The number of ether oxygens (including phenoxy) is 1. The third-order valence-electron chi connectivity index (χ3n) is 2.13. The van der Waals surface area contributed by atoms with Crippen LogP contribution in [0.2, 0.25) is 0 Å². The highest BCUT2D eigenvalue weighted by Crippen LogP contribution is 2.24. The molecule has 0 saturated heterocycles. The number of furan rings is 1. The normalized spacial score (nSPS) is 10.4. The predicted molar refractivity (Wildman–Crippen MR) is 65.1 cm³/mol. The first kappa shape index (κ1) is 11.2.